The van der Waals surface area contributed by atoms with Crippen LogP contribution in [-0.2, 0) is 9.59 Å². The molecule has 40 heavy (non-hydrogen) atoms. The number of amides is 3. The van der Waals surface area contributed by atoms with Crippen LogP contribution in [0.4, 0.5) is 11.4 Å². The van der Waals surface area contributed by atoms with E-state index in [2.05, 4.69) is 16.0 Å². The fourth-order valence-electron chi connectivity index (χ4n) is 3.86. The molecule has 3 N–H and O–H groups in total. The highest BCUT2D eigenvalue weighted by molar-refractivity contribution is 8.00. The maximum Gasteiger partial charge on any atom is 0.272 e. The van der Waals surface area contributed by atoms with Gasteiger partial charge in [0, 0.05) is 21.8 Å². The van der Waals surface area contributed by atoms with Crippen LogP contribution in [0.2, 0.25) is 0 Å². The average molecular weight is 550 g/mol. The van der Waals surface area contributed by atoms with Crippen molar-refractivity contribution in [2.45, 2.75) is 25.7 Å². The Kier molecular flexibility index (Phi) is 9.54. The summed E-state index contributed by atoms with van der Waals surface area (Å²) in [4.78, 5) is 39.6. The molecule has 0 spiro atoms. The first-order chi connectivity index (χ1) is 19.3. The number of hydrogen-bond acceptors (Lipinski definition) is 4. The monoisotopic (exact) mass is 549 g/mol. The molecule has 4 aromatic rings. The second kappa shape index (κ2) is 13.4. The number of anilines is 2. The molecule has 0 bridgehead atoms. The highest BCUT2D eigenvalue weighted by Crippen LogP contribution is 2.23. The molecule has 0 aliphatic carbocycles. The smallest absolute Gasteiger partial charge is 0.272 e. The Morgan fingerprint density at radius 1 is 0.775 bits per heavy atom. The maximum atomic E-state index is 13.3. The third kappa shape index (κ3) is 7.94. The first-order valence-corrected chi connectivity index (χ1v) is 13.8. The average Bonchev–Trinajstić information content (AvgIpc) is 2.96. The molecule has 0 unspecified atom stereocenters. The number of benzene rings is 4. The minimum atomic E-state index is -0.459. The minimum absolute atomic E-state index is 0.111. The summed E-state index contributed by atoms with van der Waals surface area (Å²) >= 11 is 1.37. The largest absolute Gasteiger partial charge is 0.325 e. The molecule has 0 fully saturated rings. The summed E-state index contributed by atoms with van der Waals surface area (Å²) in [6.07, 6.45) is 1.64. The van der Waals surface area contributed by atoms with Crippen LogP contribution in [0.25, 0.3) is 6.08 Å². The predicted molar refractivity (Wildman–Crippen MR) is 163 cm³/mol. The summed E-state index contributed by atoms with van der Waals surface area (Å²) in [6, 6.07) is 29.5. The van der Waals surface area contributed by atoms with Gasteiger partial charge < -0.3 is 16.0 Å². The molecule has 0 radical (unpaired) electrons. The van der Waals surface area contributed by atoms with Crippen molar-refractivity contribution in [1.82, 2.24) is 5.32 Å². The van der Waals surface area contributed by atoms with E-state index in [1.54, 1.807) is 42.5 Å². The van der Waals surface area contributed by atoms with E-state index in [4.69, 9.17) is 0 Å². The van der Waals surface area contributed by atoms with Gasteiger partial charge in [0.25, 0.3) is 11.8 Å². The normalized spacial score (nSPS) is 11.0. The predicted octanol–water partition coefficient (Wildman–Crippen LogP) is 6.75. The highest BCUT2D eigenvalue weighted by atomic mass is 32.2. The molecule has 0 aliphatic rings. The van der Waals surface area contributed by atoms with Crippen molar-refractivity contribution in [2.24, 2.45) is 0 Å². The van der Waals surface area contributed by atoms with Gasteiger partial charge in [0.1, 0.15) is 5.70 Å². The number of carbonyl (C=O) groups excluding carboxylic acids is 3. The van der Waals surface area contributed by atoms with E-state index in [0.29, 0.717) is 11.3 Å². The Balaban J connectivity index is 1.45. The van der Waals surface area contributed by atoms with E-state index in [0.717, 1.165) is 32.8 Å². The van der Waals surface area contributed by atoms with E-state index in [-0.39, 0.29) is 23.3 Å². The number of thioether (sulfide) groups is 1. The topological polar surface area (TPSA) is 87.3 Å². The molecule has 6 nitrogen and oxygen atoms in total. The van der Waals surface area contributed by atoms with Gasteiger partial charge in [0.15, 0.2) is 0 Å². The van der Waals surface area contributed by atoms with Crippen LogP contribution < -0.4 is 16.0 Å². The van der Waals surface area contributed by atoms with Gasteiger partial charge in [-0.3, -0.25) is 14.4 Å². The zero-order valence-electron chi connectivity index (χ0n) is 22.7. The summed E-state index contributed by atoms with van der Waals surface area (Å²) in [7, 11) is 0. The lowest BCUT2D eigenvalue weighted by atomic mass is 10.1. The molecule has 0 saturated heterocycles. The molecule has 0 heterocycles. The van der Waals surface area contributed by atoms with Crippen LogP contribution in [0.5, 0.6) is 0 Å². The first-order valence-electron chi connectivity index (χ1n) is 12.8. The number of aryl methyl sites for hydroxylation is 2. The molecule has 7 heteroatoms. The molecular weight excluding hydrogens is 518 g/mol. The van der Waals surface area contributed by atoms with Gasteiger partial charge in [-0.2, -0.15) is 0 Å². The summed E-state index contributed by atoms with van der Waals surface area (Å²) in [6.45, 7) is 5.97. The van der Waals surface area contributed by atoms with Crippen molar-refractivity contribution in [3.8, 4) is 0 Å². The van der Waals surface area contributed by atoms with Crippen LogP contribution in [0.3, 0.4) is 0 Å². The number of hydrogen-bond donors (Lipinski definition) is 3. The molecule has 0 aliphatic heterocycles. The molecule has 4 aromatic carbocycles. The lowest BCUT2D eigenvalue weighted by molar-refractivity contribution is -0.114. The van der Waals surface area contributed by atoms with E-state index >= 15 is 0 Å². The molecular formula is C33H31N3O3S. The minimum Gasteiger partial charge on any atom is -0.325 e. The van der Waals surface area contributed by atoms with Gasteiger partial charge in [0.2, 0.25) is 5.91 Å². The molecule has 0 saturated carbocycles. The van der Waals surface area contributed by atoms with E-state index < -0.39 is 5.91 Å². The van der Waals surface area contributed by atoms with Gasteiger partial charge in [-0.15, -0.1) is 11.8 Å². The van der Waals surface area contributed by atoms with Crippen molar-refractivity contribution in [3.05, 3.63) is 131 Å². The van der Waals surface area contributed by atoms with Crippen molar-refractivity contribution >= 4 is 46.9 Å². The molecule has 0 atom stereocenters. The third-order valence-corrected chi connectivity index (χ3v) is 7.25. The van der Waals surface area contributed by atoms with Gasteiger partial charge in [-0.1, -0.05) is 66.2 Å². The van der Waals surface area contributed by atoms with Gasteiger partial charge in [0.05, 0.1) is 5.75 Å². The maximum absolute atomic E-state index is 13.3. The zero-order valence-corrected chi connectivity index (χ0v) is 23.5. The summed E-state index contributed by atoms with van der Waals surface area (Å²) in [5.74, 6) is -0.732. The van der Waals surface area contributed by atoms with Crippen LogP contribution in [0.15, 0.2) is 108 Å². The lowest BCUT2D eigenvalue weighted by Gasteiger charge is -2.13. The van der Waals surface area contributed by atoms with Crippen LogP contribution in [-0.4, -0.2) is 23.5 Å². The van der Waals surface area contributed by atoms with Crippen molar-refractivity contribution in [2.75, 3.05) is 16.4 Å². The Morgan fingerprint density at radius 2 is 1.50 bits per heavy atom. The van der Waals surface area contributed by atoms with Crippen molar-refractivity contribution in [3.63, 3.8) is 0 Å². The fraction of sp³-hybridized carbons (Fsp3) is 0.121. The Hall–Kier alpha value is -4.62. The molecule has 4 rings (SSSR count). The highest BCUT2D eigenvalue weighted by Gasteiger charge is 2.15. The zero-order chi connectivity index (χ0) is 28.5. The van der Waals surface area contributed by atoms with Crippen molar-refractivity contribution in [1.29, 1.82) is 0 Å². The van der Waals surface area contributed by atoms with Crippen LogP contribution in [0, 0.1) is 20.8 Å². The second-order valence-electron chi connectivity index (χ2n) is 9.36. The second-order valence-corrected chi connectivity index (χ2v) is 10.4. The molecule has 0 aromatic heterocycles. The number of rotatable bonds is 9. The standard InChI is InChI=1S/C33H31N3O3S/c1-22-15-17-25(18-16-22)19-30(36-32(38)26-10-5-4-6-11-26)33(39)34-27-12-8-13-28(20-27)40-21-31(37)35-29-14-7-9-23(2)24(29)3/h4-20H,21H2,1-3H3,(H,34,39)(H,35,37)(H,36,38)/b30-19+. The summed E-state index contributed by atoms with van der Waals surface area (Å²) in [5, 5.41) is 8.60. The van der Waals surface area contributed by atoms with Crippen LogP contribution >= 0.6 is 11.8 Å². The number of nitrogens with one attached hydrogen (secondary N) is 3. The summed E-state index contributed by atoms with van der Waals surface area (Å²) in [5.41, 5.74) is 5.94. The fourth-order valence-corrected chi connectivity index (χ4v) is 4.61. The van der Waals surface area contributed by atoms with Crippen LogP contribution in [0.1, 0.15) is 32.6 Å². The summed E-state index contributed by atoms with van der Waals surface area (Å²) < 4.78 is 0. The van der Waals surface area contributed by atoms with Gasteiger partial charge >= 0.3 is 0 Å². The third-order valence-electron chi connectivity index (χ3n) is 6.26. The number of carbonyl (C=O) groups is 3. The Labute approximate surface area is 238 Å². The van der Waals surface area contributed by atoms with Gasteiger partial charge in [-0.05, 0) is 79.9 Å². The molecule has 202 valence electrons. The SMILES string of the molecule is Cc1ccc(/C=C(/NC(=O)c2ccccc2)C(=O)Nc2cccc(SCC(=O)Nc3cccc(C)c3C)c2)cc1. The van der Waals surface area contributed by atoms with E-state index in [1.807, 2.05) is 81.4 Å². The van der Waals surface area contributed by atoms with E-state index in [1.165, 1.54) is 11.8 Å². The van der Waals surface area contributed by atoms with Gasteiger partial charge in [-0.25, -0.2) is 0 Å². The van der Waals surface area contributed by atoms with E-state index in [9.17, 15) is 14.4 Å². The Morgan fingerprint density at radius 3 is 2.25 bits per heavy atom. The quantitative estimate of drug-likeness (QED) is 0.159. The van der Waals surface area contributed by atoms with Crippen molar-refractivity contribution < 1.29 is 14.4 Å². The molecule has 3 amide bonds. The lowest BCUT2D eigenvalue weighted by Crippen LogP contribution is -2.30. The first kappa shape index (κ1) is 28.4. The Bertz CT molecular complexity index is 1550.